The van der Waals surface area contributed by atoms with Crippen molar-refractivity contribution in [3.63, 3.8) is 0 Å². The van der Waals surface area contributed by atoms with E-state index >= 15 is 0 Å². The van der Waals surface area contributed by atoms with E-state index in [2.05, 4.69) is 0 Å². The van der Waals surface area contributed by atoms with Gasteiger partial charge in [-0.3, -0.25) is 19.1 Å². The molecule has 1 saturated heterocycles. The highest BCUT2D eigenvalue weighted by Crippen LogP contribution is 2.30. The molecule has 0 N–H and O–H groups in total. The smallest absolute Gasteiger partial charge is 0.308 e. The Morgan fingerprint density at radius 2 is 1.83 bits per heavy atom. The van der Waals surface area contributed by atoms with Crippen molar-refractivity contribution in [1.82, 2.24) is 0 Å². The first-order valence-corrected chi connectivity index (χ1v) is 10.8. The molecule has 1 heterocycles. The van der Waals surface area contributed by atoms with Gasteiger partial charge in [-0.15, -0.1) is 0 Å². The Labute approximate surface area is 175 Å². The second kappa shape index (κ2) is 8.96. The monoisotopic (exact) mass is 445 g/mol. The van der Waals surface area contributed by atoms with Crippen molar-refractivity contribution in [2.45, 2.75) is 76.0 Å². The summed E-state index contributed by atoms with van der Waals surface area (Å²) in [5.41, 5.74) is -1.22. The molecule has 0 radical (unpaired) electrons. The van der Waals surface area contributed by atoms with Crippen molar-refractivity contribution in [3.05, 3.63) is 34.4 Å². The van der Waals surface area contributed by atoms with Crippen LogP contribution in [0.4, 0.5) is 5.69 Å². The van der Waals surface area contributed by atoms with Crippen molar-refractivity contribution >= 4 is 21.8 Å². The van der Waals surface area contributed by atoms with Gasteiger partial charge in [0, 0.05) is 12.5 Å². The van der Waals surface area contributed by atoms with Crippen molar-refractivity contribution < 1.29 is 36.5 Å². The van der Waals surface area contributed by atoms with Crippen LogP contribution >= 0.6 is 0 Å². The number of nitro benzene ring substituents is 1. The second-order valence-corrected chi connectivity index (χ2v) is 9.95. The molecule has 0 spiro atoms. The molecule has 1 aromatic carbocycles. The van der Waals surface area contributed by atoms with E-state index in [0.717, 1.165) is 12.1 Å². The van der Waals surface area contributed by atoms with Gasteiger partial charge >= 0.3 is 16.1 Å². The average molecular weight is 445 g/mol. The Bertz CT molecular complexity index is 890. The molecule has 2 atom stereocenters. The number of para-hydroxylation sites is 1. The van der Waals surface area contributed by atoms with Gasteiger partial charge in [-0.2, -0.15) is 8.42 Å². The van der Waals surface area contributed by atoms with Gasteiger partial charge < -0.3 is 14.2 Å². The van der Waals surface area contributed by atoms with E-state index in [0.29, 0.717) is 0 Å². The summed E-state index contributed by atoms with van der Waals surface area (Å²) in [4.78, 5) is 21.9. The van der Waals surface area contributed by atoms with E-state index in [4.69, 9.17) is 18.4 Å². The molecular weight excluding hydrogens is 418 g/mol. The summed E-state index contributed by atoms with van der Waals surface area (Å²) in [7, 11) is -4.39. The van der Waals surface area contributed by atoms with Gasteiger partial charge in [0.05, 0.1) is 30.2 Å². The molecule has 1 aromatic rings. The minimum absolute atomic E-state index is 0.0303. The molecule has 2 unspecified atom stereocenters. The number of rotatable bonds is 7. The molecule has 2 rings (SSSR count). The van der Waals surface area contributed by atoms with E-state index in [1.165, 1.54) is 12.1 Å². The van der Waals surface area contributed by atoms with Crippen molar-refractivity contribution in [2.75, 3.05) is 6.61 Å². The third-order valence-electron chi connectivity index (χ3n) is 3.98. The highest BCUT2D eigenvalue weighted by molar-refractivity contribution is 7.87. The summed E-state index contributed by atoms with van der Waals surface area (Å²) < 4.78 is 46.8. The van der Waals surface area contributed by atoms with E-state index in [1.807, 2.05) is 0 Å². The fourth-order valence-electron chi connectivity index (χ4n) is 3.06. The zero-order chi connectivity index (χ0) is 22.7. The Morgan fingerprint density at radius 3 is 2.43 bits per heavy atom. The van der Waals surface area contributed by atoms with Crippen LogP contribution in [0.15, 0.2) is 29.2 Å². The molecule has 0 aliphatic carbocycles. The number of carbonyl (C=O) groups is 1. The van der Waals surface area contributed by atoms with Crippen LogP contribution in [0.5, 0.6) is 0 Å². The van der Waals surface area contributed by atoms with E-state index in [-0.39, 0.29) is 19.4 Å². The molecule has 0 saturated carbocycles. The largest absolute Gasteiger partial charge is 0.460 e. The molecule has 10 nitrogen and oxygen atoms in total. The maximum Gasteiger partial charge on any atom is 0.308 e. The third kappa shape index (κ3) is 7.01. The molecule has 0 amide bonds. The Hall–Kier alpha value is -2.08. The third-order valence-corrected chi connectivity index (χ3v) is 5.31. The number of ether oxygens (including phenoxy) is 3. The summed E-state index contributed by atoms with van der Waals surface area (Å²) in [6.07, 6.45) is -1.11. The molecule has 1 aliphatic heterocycles. The van der Waals surface area contributed by atoms with Crippen molar-refractivity contribution in [2.24, 2.45) is 0 Å². The molecule has 0 aromatic heterocycles. The van der Waals surface area contributed by atoms with Crippen LogP contribution in [0.1, 0.15) is 47.5 Å². The quantitative estimate of drug-likeness (QED) is 0.269. The summed E-state index contributed by atoms with van der Waals surface area (Å²) in [5, 5.41) is 11.1. The minimum Gasteiger partial charge on any atom is -0.460 e. The summed E-state index contributed by atoms with van der Waals surface area (Å²) in [6, 6.07) is 4.92. The van der Waals surface area contributed by atoms with Crippen molar-refractivity contribution in [1.29, 1.82) is 0 Å². The van der Waals surface area contributed by atoms with Crippen LogP contribution in [-0.4, -0.2) is 49.5 Å². The van der Waals surface area contributed by atoms with Gasteiger partial charge in [-0.05, 0) is 40.7 Å². The first kappa shape index (κ1) is 24.2. The zero-order valence-electron chi connectivity index (χ0n) is 17.6. The lowest BCUT2D eigenvalue weighted by atomic mass is 10.1. The fourth-order valence-corrected chi connectivity index (χ4v) is 4.17. The standard InChI is InChI=1S/C19H27NO9S/c1-18(2,3)29-17(21)11-13-10-14(28-19(4,5)27-13)12-26-30(24,25)16-9-7-6-8-15(16)20(22)23/h6-9,13-14H,10-12H2,1-5H3. The zero-order valence-corrected chi connectivity index (χ0v) is 18.4. The maximum atomic E-state index is 12.5. The van der Waals surface area contributed by atoms with Gasteiger partial charge in [0.25, 0.3) is 5.69 Å². The first-order valence-electron chi connectivity index (χ1n) is 9.39. The number of benzene rings is 1. The lowest BCUT2D eigenvalue weighted by molar-refractivity contribution is -0.387. The molecular formula is C19H27NO9S. The summed E-state index contributed by atoms with van der Waals surface area (Å²) >= 11 is 0. The number of carbonyl (C=O) groups excluding carboxylic acids is 1. The molecule has 168 valence electrons. The predicted octanol–water partition coefficient (Wildman–Crippen LogP) is 2.94. The fraction of sp³-hybridized carbons (Fsp3) is 0.632. The molecule has 30 heavy (non-hydrogen) atoms. The molecule has 11 heteroatoms. The van der Waals surface area contributed by atoms with Gasteiger partial charge in [0.15, 0.2) is 10.7 Å². The molecule has 0 bridgehead atoms. The van der Waals surface area contributed by atoms with Crippen LogP contribution in [0.25, 0.3) is 0 Å². The Balaban J connectivity index is 2.07. The van der Waals surface area contributed by atoms with Gasteiger partial charge in [-0.25, -0.2) is 0 Å². The number of hydrogen-bond donors (Lipinski definition) is 0. The Kier molecular flexibility index (Phi) is 7.23. The molecule has 1 fully saturated rings. The maximum absolute atomic E-state index is 12.5. The van der Waals surface area contributed by atoms with Crippen molar-refractivity contribution in [3.8, 4) is 0 Å². The van der Waals surface area contributed by atoms with E-state index in [1.54, 1.807) is 34.6 Å². The minimum atomic E-state index is -4.39. The lowest BCUT2D eigenvalue weighted by Crippen LogP contribution is -2.47. The normalized spacial score (nSPS) is 21.8. The summed E-state index contributed by atoms with van der Waals surface area (Å²) in [5.74, 6) is -1.53. The van der Waals surface area contributed by atoms with Crippen LogP contribution in [0.2, 0.25) is 0 Å². The summed E-state index contributed by atoms with van der Waals surface area (Å²) in [6.45, 7) is 8.15. The highest BCUT2D eigenvalue weighted by Gasteiger charge is 2.38. The average Bonchev–Trinajstić information content (AvgIpc) is 2.57. The highest BCUT2D eigenvalue weighted by atomic mass is 32.2. The number of nitrogens with zero attached hydrogens (tertiary/aromatic N) is 1. The number of nitro groups is 1. The number of hydrogen-bond acceptors (Lipinski definition) is 9. The predicted molar refractivity (Wildman–Crippen MR) is 105 cm³/mol. The lowest BCUT2D eigenvalue weighted by Gasteiger charge is -2.40. The van der Waals surface area contributed by atoms with E-state index < -0.39 is 55.2 Å². The van der Waals surface area contributed by atoms with Crippen LogP contribution in [-0.2, 0) is 33.3 Å². The van der Waals surface area contributed by atoms with Gasteiger partial charge in [0.2, 0.25) is 0 Å². The molecule has 1 aliphatic rings. The van der Waals surface area contributed by atoms with Crippen LogP contribution < -0.4 is 0 Å². The van der Waals surface area contributed by atoms with Gasteiger partial charge in [-0.1, -0.05) is 12.1 Å². The number of esters is 1. The topological polar surface area (TPSA) is 131 Å². The van der Waals surface area contributed by atoms with E-state index in [9.17, 15) is 23.3 Å². The second-order valence-electron chi connectivity index (χ2n) is 8.37. The van der Waals surface area contributed by atoms with Crippen LogP contribution in [0.3, 0.4) is 0 Å². The Morgan fingerprint density at radius 1 is 1.23 bits per heavy atom. The van der Waals surface area contributed by atoms with Gasteiger partial charge in [0.1, 0.15) is 5.60 Å². The van der Waals surface area contributed by atoms with Crippen LogP contribution in [0, 0.1) is 10.1 Å². The SMILES string of the molecule is CC(C)(C)OC(=O)CC1CC(COS(=O)(=O)c2ccccc2[N+](=O)[O-])OC(C)(C)O1. The first-order chi connectivity index (χ1) is 13.7.